The summed E-state index contributed by atoms with van der Waals surface area (Å²) in [5, 5.41) is 8.72. The summed E-state index contributed by atoms with van der Waals surface area (Å²) in [6.45, 7) is 0.142. The molecule has 0 aliphatic rings. The highest BCUT2D eigenvalue weighted by Crippen LogP contribution is 2.01. The van der Waals surface area contributed by atoms with Crippen LogP contribution in [0.3, 0.4) is 0 Å². The van der Waals surface area contributed by atoms with Gasteiger partial charge in [0.1, 0.15) is 12.2 Å². The van der Waals surface area contributed by atoms with Gasteiger partial charge >= 0.3 is 5.97 Å². The summed E-state index contributed by atoms with van der Waals surface area (Å²) < 4.78 is 4.83. The van der Waals surface area contributed by atoms with E-state index < -0.39 is 11.9 Å². The molecule has 1 amide bonds. The van der Waals surface area contributed by atoms with Gasteiger partial charge in [-0.15, -0.1) is 0 Å². The van der Waals surface area contributed by atoms with Gasteiger partial charge < -0.3 is 14.7 Å². The molecule has 0 fully saturated rings. The molecular weight excluding hydrogens is 224 g/mol. The number of aromatic nitrogens is 1. The van der Waals surface area contributed by atoms with Crippen LogP contribution in [0.1, 0.15) is 10.5 Å². The number of carbonyl (C=O) groups is 2. The van der Waals surface area contributed by atoms with E-state index in [1.807, 2.05) is 0 Å². The molecule has 0 spiro atoms. The number of ether oxygens (including phenoxy) is 1. The van der Waals surface area contributed by atoms with E-state index in [1.54, 1.807) is 18.2 Å². The number of methoxy groups -OCH3 is 1. The number of hydrogen-bond donors (Lipinski definition) is 1. The lowest BCUT2D eigenvalue weighted by Crippen LogP contribution is -2.38. The maximum absolute atomic E-state index is 11.9. The third-order valence-corrected chi connectivity index (χ3v) is 2.06. The molecule has 1 N–H and O–H groups in total. The van der Waals surface area contributed by atoms with Crippen molar-refractivity contribution in [2.45, 2.75) is 0 Å². The predicted octanol–water partition coefficient (Wildman–Crippen LogP) is 0.255. The van der Waals surface area contributed by atoms with E-state index >= 15 is 0 Å². The first-order valence-corrected chi connectivity index (χ1v) is 5.06. The van der Waals surface area contributed by atoms with Crippen LogP contribution in [0.4, 0.5) is 0 Å². The Labute approximate surface area is 98.8 Å². The quantitative estimate of drug-likeness (QED) is 0.768. The van der Waals surface area contributed by atoms with E-state index in [1.165, 1.54) is 18.2 Å². The number of aliphatic carboxylic acids is 1. The molecule has 0 saturated heterocycles. The van der Waals surface area contributed by atoms with Crippen molar-refractivity contribution in [3.8, 4) is 0 Å². The van der Waals surface area contributed by atoms with Crippen molar-refractivity contribution in [3.05, 3.63) is 30.1 Å². The van der Waals surface area contributed by atoms with Gasteiger partial charge in [0.25, 0.3) is 5.91 Å². The fourth-order valence-electron chi connectivity index (χ4n) is 1.27. The summed E-state index contributed by atoms with van der Waals surface area (Å²) in [6.07, 6.45) is 1.49. The van der Waals surface area contributed by atoms with Crippen molar-refractivity contribution in [2.24, 2.45) is 0 Å². The second kappa shape index (κ2) is 6.59. The largest absolute Gasteiger partial charge is 0.480 e. The number of hydrogen-bond acceptors (Lipinski definition) is 4. The van der Waals surface area contributed by atoms with Crippen LogP contribution in [-0.4, -0.2) is 53.7 Å². The molecule has 1 aromatic heterocycles. The van der Waals surface area contributed by atoms with E-state index in [0.29, 0.717) is 0 Å². The minimum Gasteiger partial charge on any atom is -0.480 e. The highest BCUT2D eigenvalue weighted by molar-refractivity contribution is 5.94. The second-order valence-electron chi connectivity index (χ2n) is 3.33. The number of amides is 1. The Hall–Kier alpha value is -1.95. The summed E-state index contributed by atoms with van der Waals surface area (Å²) in [6, 6.07) is 4.91. The maximum Gasteiger partial charge on any atom is 0.323 e. The third-order valence-electron chi connectivity index (χ3n) is 2.06. The molecular formula is C11H14N2O4. The first-order valence-electron chi connectivity index (χ1n) is 5.06. The van der Waals surface area contributed by atoms with E-state index in [0.717, 1.165) is 0 Å². The lowest BCUT2D eigenvalue weighted by Gasteiger charge is -2.19. The summed E-state index contributed by atoms with van der Waals surface area (Å²) in [5.41, 5.74) is 0.227. The average molecular weight is 238 g/mol. The molecule has 0 aliphatic heterocycles. The highest BCUT2D eigenvalue weighted by Gasteiger charge is 2.18. The van der Waals surface area contributed by atoms with Gasteiger partial charge in [-0.1, -0.05) is 6.07 Å². The molecule has 0 bridgehead atoms. The van der Waals surface area contributed by atoms with Crippen LogP contribution in [0, 0.1) is 0 Å². The number of nitrogens with zero attached hydrogens (tertiary/aromatic N) is 2. The fraction of sp³-hybridized carbons (Fsp3) is 0.364. The Balaban J connectivity index is 2.75. The van der Waals surface area contributed by atoms with E-state index in [-0.39, 0.29) is 25.4 Å². The number of carboxylic acid groups (broad SMARTS) is 1. The molecule has 17 heavy (non-hydrogen) atoms. The smallest absolute Gasteiger partial charge is 0.323 e. The van der Waals surface area contributed by atoms with Crippen LogP contribution in [0.2, 0.25) is 0 Å². The van der Waals surface area contributed by atoms with Crippen molar-refractivity contribution in [1.82, 2.24) is 9.88 Å². The summed E-state index contributed by atoms with van der Waals surface area (Å²) in [7, 11) is 1.49. The average Bonchev–Trinajstić information content (AvgIpc) is 2.34. The molecule has 6 nitrogen and oxygen atoms in total. The summed E-state index contributed by atoms with van der Waals surface area (Å²) >= 11 is 0. The van der Waals surface area contributed by atoms with Crippen LogP contribution in [0.25, 0.3) is 0 Å². The molecule has 1 rings (SSSR count). The summed E-state index contributed by atoms with van der Waals surface area (Å²) in [5.74, 6) is -1.48. The van der Waals surface area contributed by atoms with Crippen molar-refractivity contribution in [1.29, 1.82) is 0 Å². The fourth-order valence-corrected chi connectivity index (χ4v) is 1.27. The normalized spacial score (nSPS) is 9.94. The minimum atomic E-state index is -1.06. The predicted molar refractivity (Wildman–Crippen MR) is 59.7 cm³/mol. The van der Waals surface area contributed by atoms with Gasteiger partial charge in [0.15, 0.2) is 0 Å². The number of pyridine rings is 1. The van der Waals surface area contributed by atoms with Gasteiger partial charge in [0.05, 0.1) is 6.61 Å². The molecule has 1 heterocycles. The Bertz CT molecular complexity index is 380. The van der Waals surface area contributed by atoms with Crippen LogP contribution >= 0.6 is 0 Å². The van der Waals surface area contributed by atoms with Gasteiger partial charge in [0, 0.05) is 19.9 Å². The SMILES string of the molecule is COCCN(CC(=O)O)C(=O)c1ccccn1. The lowest BCUT2D eigenvalue weighted by atomic mass is 10.3. The number of rotatable bonds is 6. The zero-order chi connectivity index (χ0) is 12.7. The first kappa shape index (κ1) is 13.1. The maximum atomic E-state index is 11.9. The van der Waals surface area contributed by atoms with Crippen LogP contribution in [0.15, 0.2) is 24.4 Å². The zero-order valence-electron chi connectivity index (χ0n) is 9.50. The Morgan fingerprint density at radius 1 is 1.47 bits per heavy atom. The first-order chi connectivity index (χ1) is 8.15. The van der Waals surface area contributed by atoms with E-state index in [2.05, 4.69) is 4.98 Å². The number of carboxylic acids is 1. The van der Waals surface area contributed by atoms with Gasteiger partial charge in [0.2, 0.25) is 0 Å². The third kappa shape index (κ3) is 4.20. The molecule has 0 saturated carbocycles. The van der Waals surface area contributed by atoms with Gasteiger partial charge in [-0.2, -0.15) is 0 Å². The molecule has 92 valence electrons. The Morgan fingerprint density at radius 3 is 2.76 bits per heavy atom. The standard InChI is InChI=1S/C11H14N2O4/c1-17-7-6-13(8-10(14)15)11(16)9-4-2-3-5-12-9/h2-5H,6-8H2,1H3,(H,14,15). The topological polar surface area (TPSA) is 79.7 Å². The Morgan fingerprint density at radius 2 is 2.24 bits per heavy atom. The molecule has 1 aromatic rings. The molecule has 0 atom stereocenters. The highest BCUT2D eigenvalue weighted by atomic mass is 16.5. The second-order valence-corrected chi connectivity index (χ2v) is 3.33. The van der Waals surface area contributed by atoms with Crippen molar-refractivity contribution in [2.75, 3.05) is 26.8 Å². The monoisotopic (exact) mass is 238 g/mol. The van der Waals surface area contributed by atoms with Gasteiger partial charge in [-0.25, -0.2) is 0 Å². The zero-order valence-corrected chi connectivity index (χ0v) is 9.50. The lowest BCUT2D eigenvalue weighted by molar-refractivity contribution is -0.137. The molecule has 0 radical (unpaired) electrons. The number of carbonyl (C=O) groups excluding carboxylic acids is 1. The van der Waals surface area contributed by atoms with Gasteiger partial charge in [-0.05, 0) is 12.1 Å². The van der Waals surface area contributed by atoms with Crippen LogP contribution < -0.4 is 0 Å². The van der Waals surface area contributed by atoms with Crippen molar-refractivity contribution >= 4 is 11.9 Å². The molecule has 0 aliphatic carbocycles. The van der Waals surface area contributed by atoms with Crippen LogP contribution in [-0.2, 0) is 9.53 Å². The molecule has 0 unspecified atom stereocenters. The van der Waals surface area contributed by atoms with Crippen molar-refractivity contribution < 1.29 is 19.4 Å². The molecule has 0 aromatic carbocycles. The van der Waals surface area contributed by atoms with E-state index in [9.17, 15) is 9.59 Å². The molecule has 6 heteroatoms. The minimum absolute atomic E-state index is 0.220. The van der Waals surface area contributed by atoms with E-state index in [4.69, 9.17) is 9.84 Å². The van der Waals surface area contributed by atoms with Crippen LogP contribution in [0.5, 0.6) is 0 Å². The summed E-state index contributed by atoms with van der Waals surface area (Å²) in [4.78, 5) is 27.7. The Kier molecular flexibility index (Phi) is 5.09. The van der Waals surface area contributed by atoms with Crippen molar-refractivity contribution in [3.63, 3.8) is 0 Å². The van der Waals surface area contributed by atoms with Gasteiger partial charge in [-0.3, -0.25) is 14.6 Å².